The monoisotopic (exact) mass is 299 g/mol. The number of amides is 1. The molecule has 0 aliphatic heterocycles. The summed E-state index contributed by atoms with van der Waals surface area (Å²) in [4.78, 5) is 11.9. The van der Waals surface area contributed by atoms with Gasteiger partial charge in [0.15, 0.2) is 17.3 Å². The van der Waals surface area contributed by atoms with E-state index in [1.54, 1.807) is 43.5 Å². The van der Waals surface area contributed by atoms with Crippen LogP contribution in [0.3, 0.4) is 0 Å². The number of carbonyl (C=O) groups excluding carboxylic acids is 1. The Morgan fingerprint density at radius 3 is 2.77 bits per heavy atom. The SMILES string of the molecule is Cc1cc(Nc2ccc(C(=O)NCc3ccco3)nn2)no1. The first-order chi connectivity index (χ1) is 10.7. The molecular formula is C14H13N5O3. The fourth-order valence-electron chi connectivity index (χ4n) is 1.75. The first kappa shape index (κ1) is 13.8. The number of furan rings is 1. The van der Waals surface area contributed by atoms with E-state index < -0.39 is 0 Å². The molecule has 0 atom stereocenters. The summed E-state index contributed by atoms with van der Waals surface area (Å²) in [6.07, 6.45) is 1.55. The molecule has 0 saturated carbocycles. The van der Waals surface area contributed by atoms with Crippen molar-refractivity contribution >= 4 is 17.5 Å². The predicted molar refractivity (Wildman–Crippen MR) is 76.4 cm³/mol. The zero-order chi connectivity index (χ0) is 15.4. The summed E-state index contributed by atoms with van der Waals surface area (Å²) in [5.41, 5.74) is 0.216. The molecule has 0 radical (unpaired) electrons. The molecule has 2 N–H and O–H groups in total. The molecule has 0 spiro atoms. The average molecular weight is 299 g/mol. The van der Waals surface area contributed by atoms with Gasteiger partial charge in [0, 0.05) is 6.07 Å². The molecule has 3 aromatic rings. The molecule has 3 rings (SSSR count). The van der Waals surface area contributed by atoms with E-state index in [-0.39, 0.29) is 11.6 Å². The zero-order valence-corrected chi connectivity index (χ0v) is 11.7. The van der Waals surface area contributed by atoms with Gasteiger partial charge in [-0.05, 0) is 31.2 Å². The maximum atomic E-state index is 11.9. The summed E-state index contributed by atoms with van der Waals surface area (Å²) in [5, 5.41) is 17.2. The Labute approximate surface area is 125 Å². The molecule has 0 unspecified atom stereocenters. The van der Waals surface area contributed by atoms with Crippen molar-refractivity contribution in [1.82, 2.24) is 20.7 Å². The van der Waals surface area contributed by atoms with Gasteiger partial charge in [0.25, 0.3) is 5.91 Å². The van der Waals surface area contributed by atoms with Crippen LogP contribution in [0.2, 0.25) is 0 Å². The fourth-order valence-corrected chi connectivity index (χ4v) is 1.75. The summed E-state index contributed by atoms with van der Waals surface area (Å²) < 4.78 is 10.1. The highest BCUT2D eigenvalue weighted by molar-refractivity contribution is 5.92. The van der Waals surface area contributed by atoms with Crippen molar-refractivity contribution in [3.63, 3.8) is 0 Å². The summed E-state index contributed by atoms with van der Waals surface area (Å²) in [7, 11) is 0. The lowest BCUT2D eigenvalue weighted by Gasteiger charge is -2.03. The second kappa shape index (κ2) is 6.08. The minimum absolute atomic E-state index is 0.216. The van der Waals surface area contributed by atoms with E-state index in [2.05, 4.69) is 26.0 Å². The molecule has 0 aliphatic carbocycles. The second-order valence-corrected chi connectivity index (χ2v) is 4.51. The van der Waals surface area contributed by atoms with Gasteiger partial charge in [-0.2, -0.15) is 0 Å². The molecule has 1 amide bonds. The van der Waals surface area contributed by atoms with Crippen LogP contribution < -0.4 is 10.6 Å². The van der Waals surface area contributed by atoms with E-state index in [1.807, 2.05) is 0 Å². The Kier molecular flexibility index (Phi) is 3.82. The number of anilines is 2. The number of nitrogens with zero attached hydrogens (tertiary/aromatic N) is 3. The maximum Gasteiger partial charge on any atom is 0.272 e. The summed E-state index contributed by atoms with van der Waals surface area (Å²) >= 11 is 0. The Morgan fingerprint density at radius 1 is 1.23 bits per heavy atom. The van der Waals surface area contributed by atoms with Crippen LogP contribution in [0.25, 0.3) is 0 Å². The molecule has 0 saturated heterocycles. The molecule has 3 heterocycles. The topological polar surface area (TPSA) is 106 Å². The number of carbonyl (C=O) groups is 1. The van der Waals surface area contributed by atoms with Gasteiger partial charge in [0.1, 0.15) is 11.5 Å². The van der Waals surface area contributed by atoms with Crippen LogP contribution in [0.5, 0.6) is 0 Å². The first-order valence-corrected chi connectivity index (χ1v) is 6.55. The van der Waals surface area contributed by atoms with E-state index in [4.69, 9.17) is 8.94 Å². The molecule has 8 heteroatoms. The van der Waals surface area contributed by atoms with Gasteiger partial charge >= 0.3 is 0 Å². The molecule has 0 aliphatic rings. The van der Waals surface area contributed by atoms with E-state index in [0.717, 1.165) is 0 Å². The lowest BCUT2D eigenvalue weighted by Crippen LogP contribution is -2.23. The van der Waals surface area contributed by atoms with Crippen LogP contribution in [0.15, 0.2) is 45.5 Å². The summed E-state index contributed by atoms with van der Waals surface area (Å²) in [5.74, 6) is 2.02. The number of rotatable bonds is 5. The third kappa shape index (κ3) is 3.29. The van der Waals surface area contributed by atoms with Crippen LogP contribution in [-0.2, 0) is 6.54 Å². The molecule has 0 fully saturated rings. The number of nitrogens with one attached hydrogen (secondary N) is 2. The van der Waals surface area contributed by atoms with Crippen molar-refractivity contribution in [1.29, 1.82) is 0 Å². The smallest absolute Gasteiger partial charge is 0.272 e. The van der Waals surface area contributed by atoms with Gasteiger partial charge in [-0.25, -0.2) is 0 Å². The van der Waals surface area contributed by atoms with Crippen molar-refractivity contribution in [2.24, 2.45) is 0 Å². The van der Waals surface area contributed by atoms with Crippen LogP contribution in [0.4, 0.5) is 11.6 Å². The Balaban J connectivity index is 1.59. The second-order valence-electron chi connectivity index (χ2n) is 4.51. The zero-order valence-electron chi connectivity index (χ0n) is 11.7. The highest BCUT2D eigenvalue weighted by Crippen LogP contribution is 2.13. The summed E-state index contributed by atoms with van der Waals surface area (Å²) in [6, 6.07) is 8.47. The molecule has 8 nitrogen and oxygen atoms in total. The lowest BCUT2D eigenvalue weighted by molar-refractivity contribution is 0.0942. The average Bonchev–Trinajstić information content (AvgIpc) is 3.17. The Morgan fingerprint density at radius 2 is 2.14 bits per heavy atom. The predicted octanol–water partition coefficient (Wildman–Crippen LogP) is 2.04. The normalized spacial score (nSPS) is 10.4. The molecule has 0 bridgehead atoms. The van der Waals surface area contributed by atoms with Crippen LogP contribution >= 0.6 is 0 Å². The maximum absolute atomic E-state index is 11.9. The van der Waals surface area contributed by atoms with Gasteiger partial charge < -0.3 is 19.6 Å². The van der Waals surface area contributed by atoms with Gasteiger partial charge in [-0.1, -0.05) is 5.16 Å². The van der Waals surface area contributed by atoms with E-state index in [1.165, 1.54) is 0 Å². The standard InChI is InChI=1S/C14H13N5O3/c1-9-7-13(19-22-9)16-12-5-4-11(17-18-12)14(20)15-8-10-3-2-6-21-10/h2-7H,8H2,1H3,(H,15,20)(H,16,18,19). The molecule has 3 aromatic heterocycles. The van der Waals surface area contributed by atoms with Crippen LogP contribution in [0, 0.1) is 6.92 Å². The fraction of sp³-hybridized carbons (Fsp3) is 0.143. The van der Waals surface area contributed by atoms with Crippen molar-refractivity contribution in [2.75, 3.05) is 5.32 Å². The third-order valence-corrected chi connectivity index (χ3v) is 2.78. The van der Waals surface area contributed by atoms with Crippen molar-refractivity contribution < 1.29 is 13.7 Å². The molecule has 22 heavy (non-hydrogen) atoms. The van der Waals surface area contributed by atoms with Crippen molar-refractivity contribution in [2.45, 2.75) is 13.5 Å². The van der Waals surface area contributed by atoms with Gasteiger partial charge in [0.2, 0.25) is 0 Å². The Bertz CT molecular complexity index is 749. The third-order valence-electron chi connectivity index (χ3n) is 2.78. The van der Waals surface area contributed by atoms with Crippen LogP contribution in [-0.4, -0.2) is 21.3 Å². The largest absolute Gasteiger partial charge is 0.467 e. The molecule has 112 valence electrons. The van der Waals surface area contributed by atoms with Gasteiger partial charge in [-0.3, -0.25) is 4.79 Å². The molecule has 0 aromatic carbocycles. The highest BCUT2D eigenvalue weighted by atomic mass is 16.5. The number of aryl methyl sites for hydroxylation is 1. The lowest BCUT2D eigenvalue weighted by atomic mass is 10.3. The quantitative estimate of drug-likeness (QED) is 0.742. The van der Waals surface area contributed by atoms with E-state index >= 15 is 0 Å². The number of hydrogen-bond acceptors (Lipinski definition) is 7. The van der Waals surface area contributed by atoms with Crippen molar-refractivity contribution in [3.8, 4) is 0 Å². The van der Waals surface area contributed by atoms with Gasteiger partial charge in [0.05, 0.1) is 12.8 Å². The minimum Gasteiger partial charge on any atom is -0.467 e. The molecular weight excluding hydrogens is 286 g/mol. The highest BCUT2D eigenvalue weighted by Gasteiger charge is 2.09. The van der Waals surface area contributed by atoms with Gasteiger partial charge in [-0.15, -0.1) is 10.2 Å². The Hall–Kier alpha value is -3.16. The van der Waals surface area contributed by atoms with Crippen LogP contribution in [0.1, 0.15) is 22.0 Å². The van der Waals surface area contributed by atoms with E-state index in [0.29, 0.717) is 29.7 Å². The number of aromatic nitrogens is 3. The van der Waals surface area contributed by atoms with Crippen molar-refractivity contribution in [3.05, 3.63) is 53.8 Å². The number of hydrogen-bond donors (Lipinski definition) is 2. The van der Waals surface area contributed by atoms with E-state index in [9.17, 15) is 4.79 Å². The summed E-state index contributed by atoms with van der Waals surface area (Å²) in [6.45, 7) is 2.09. The minimum atomic E-state index is -0.326. The first-order valence-electron chi connectivity index (χ1n) is 6.55.